The second-order valence-corrected chi connectivity index (χ2v) is 6.96. The zero-order valence-corrected chi connectivity index (χ0v) is 16.2. The summed E-state index contributed by atoms with van der Waals surface area (Å²) >= 11 is 1.44. The number of ether oxygens (including phenoxy) is 1. The molecular formula is C19H21N5O2S. The van der Waals surface area contributed by atoms with Crippen LogP contribution in [0.3, 0.4) is 0 Å². The van der Waals surface area contributed by atoms with E-state index in [-0.39, 0.29) is 12.5 Å². The van der Waals surface area contributed by atoms with Gasteiger partial charge in [0.2, 0.25) is 5.16 Å². The molecule has 0 unspecified atom stereocenters. The number of hydrogen-bond acceptors (Lipinski definition) is 6. The molecule has 1 heterocycles. The molecule has 7 nitrogen and oxygen atoms in total. The van der Waals surface area contributed by atoms with E-state index >= 15 is 0 Å². The molecule has 0 atom stereocenters. The highest BCUT2D eigenvalue weighted by Gasteiger charge is 2.09. The SMILES string of the molecule is CSc1nnnn1-c1cccc(NC(=O)COc2ccc(C(C)C)cc2)c1. The third-order valence-electron chi connectivity index (χ3n) is 3.91. The molecule has 3 aromatic rings. The van der Waals surface area contributed by atoms with Gasteiger partial charge >= 0.3 is 0 Å². The Morgan fingerprint density at radius 1 is 1.22 bits per heavy atom. The smallest absolute Gasteiger partial charge is 0.262 e. The number of nitrogens with one attached hydrogen (secondary N) is 1. The lowest BCUT2D eigenvalue weighted by Gasteiger charge is -2.10. The molecule has 140 valence electrons. The highest BCUT2D eigenvalue weighted by atomic mass is 32.2. The van der Waals surface area contributed by atoms with Crippen LogP contribution in [0, 0.1) is 0 Å². The molecule has 8 heteroatoms. The Hall–Kier alpha value is -2.87. The predicted octanol–water partition coefficient (Wildman–Crippen LogP) is 3.53. The van der Waals surface area contributed by atoms with Gasteiger partial charge in [-0.05, 0) is 58.5 Å². The van der Waals surface area contributed by atoms with Crippen LogP contribution < -0.4 is 10.1 Å². The van der Waals surface area contributed by atoms with E-state index in [2.05, 4.69) is 34.7 Å². The molecule has 27 heavy (non-hydrogen) atoms. The number of hydrogen-bond donors (Lipinski definition) is 1. The third kappa shape index (κ3) is 4.85. The number of anilines is 1. The lowest BCUT2D eigenvalue weighted by Crippen LogP contribution is -2.20. The van der Waals surface area contributed by atoms with Gasteiger partial charge in [0.05, 0.1) is 5.69 Å². The number of aromatic nitrogens is 4. The molecule has 1 N–H and O–H groups in total. The fourth-order valence-electron chi connectivity index (χ4n) is 2.48. The highest BCUT2D eigenvalue weighted by molar-refractivity contribution is 7.98. The summed E-state index contributed by atoms with van der Waals surface area (Å²) in [7, 11) is 0. The topological polar surface area (TPSA) is 81.9 Å². The monoisotopic (exact) mass is 383 g/mol. The Morgan fingerprint density at radius 3 is 2.70 bits per heavy atom. The van der Waals surface area contributed by atoms with E-state index in [1.54, 1.807) is 4.68 Å². The highest BCUT2D eigenvalue weighted by Crippen LogP contribution is 2.20. The maximum absolute atomic E-state index is 12.2. The predicted molar refractivity (Wildman–Crippen MR) is 106 cm³/mol. The van der Waals surface area contributed by atoms with Crippen molar-refractivity contribution in [3.63, 3.8) is 0 Å². The van der Waals surface area contributed by atoms with Gasteiger partial charge in [0.15, 0.2) is 6.61 Å². The van der Waals surface area contributed by atoms with Crippen LogP contribution in [0.5, 0.6) is 5.75 Å². The molecule has 1 aromatic heterocycles. The summed E-state index contributed by atoms with van der Waals surface area (Å²) in [5.41, 5.74) is 2.65. The van der Waals surface area contributed by atoms with Crippen molar-refractivity contribution in [1.29, 1.82) is 0 Å². The van der Waals surface area contributed by atoms with Gasteiger partial charge in [-0.2, -0.15) is 4.68 Å². The van der Waals surface area contributed by atoms with Gasteiger partial charge in [0, 0.05) is 5.69 Å². The molecule has 3 rings (SSSR count). The zero-order valence-electron chi connectivity index (χ0n) is 15.4. The minimum absolute atomic E-state index is 0.0633. The lowest BCUT2D eigenvalue weighted by molar-refractivity contribution is -0.118. The number of amides is 1. The van der Waals surface area contributed by atoms with Crippen LogP contribution >= 0.6 is 11.8 Å². The fourth-order valence-corrected chi connectivity index (χ4v) is 2.91. The van der Waals surface area contributed by atoms with Crippen LogP contribution in [0.1, 0.15) is 25.3 Å². The molecule has 0 saturated heterocycles. The molecule has 0 spiro atoms. The van der Waals surface area contributed by atoms with Crippen LogP contribution in [-0.4, -0.2) is 39.0 Å². The van der Waals surface area contributed by atoms with Crippen LogP contribution in [0.2, 0.25) is 0 Å². The van der Waals surface area contributed by atoms with E-state index in [0.717, 1.165) is 5.69 Å². The number of carbonyl (C=O) groups is 1. The standard InChI is InChI=1S/C19H21N5O2S/c1-13(2)14-7-9-17(10-8-14)26-12-18(25)20-15-5-4-6-16(11-15)24-19(27-3)21-22-23-24/h4-11,13H,12H2,1-3H3,(H,20,25). The van der Waals surface area contributed by atoms with E-state index in [9.17, 15) is 4.79 Å². The average Bonchev–Trinajstić information content (AvgIpc) is 3.16. The second kappa shape index (κ2) is 8.68. The number of carbonyl (C=O) groups excluding carboxylic acids is 1. The normalized spacial score (nSPS) is 10.8. The molecule has 0 aliphatic heterocycles. The lowest BCUT2D eigenvalue weighted by atomic mass is 10.0. The first kappa shape index (κ1) is 18.9. The van der Waals surface area contributed by atoms with Crippen molar-refractivity contribution in [2.24, 2.45) is 0 Å². The maximum Gasteiger partial charge on any atom is 0.262 e. The van der Waals surface area contributed by atoms with Gasteiger partial charge < -0.3 is 10.1 Å². The average molecular weight is 383 g/mol. The summed E-state index contributed by atoms with van der Waals surface area (Å²) in [4.78, 5) is 12.2. The molecule has 1 amide bonds. The first-order chi connectivity index (χ1) is 13.1. The summed E-state index contributed by atoms with van der Waals surface area (Å²) in [5, 5.41) is 15.1. The van der Waals surface area contributed by atoms with Crippen molar-refractivity contribution >= 4 is 23.4 Å². The van der Waals surface area contributed by atoms with E-state index in [1.807, 2.05) is 54.8 Å². The third-order valence-corrected chi connectivity index (χ3v) is 4.53. The van der Waals surface area contributed by atoms with Gasteiger partial charge in [0.25, 0.3) is 5.91 Å². The quantitative estimate of drug-likeness (QED) is 0.629. The molecule has 0 radical (unpaired) electrons. The number of tetrazole rings is 1. The van der Waals surface area contributed by atoms with Crippen molar-refractivity contribution in [3.8, 4) is 11.4 Å². The van der Waals surface area contributed by atoms with E-state index < -0.39 is 0 Å². The van der Waals surface area contributed by atoms with Crippen molar-refractivity contribution in [2.75, 3.05) is 18.2 Å². The molecule has 0 bridgehead atoms. The molecule has 2 aromatic carbocycles. The zero-order chi connectivity index (χ0) is 19.2. The van der Waals surface area contributed by atoms with E-state index in [1.165, 1.54) is 17.3 Å². The number of rotatable bonds is 7. The first-order valence-electron chi connectivity index (χ1n) is 8.52. The second-order valence-electron chi connectivity index (χ2n) is 6.19. The summed E-state index contributed by atoms with van der Waals surface area (Å²) in [6.07, 6.45) is 1.90. The summed E-state index contributed by atoms with van der Waals surface area (Å²) in [6.45, 7) is 4.20. The summed E-state index contributed by atoms with van der Waals surface area (Å²) < 4.78 is 7.18. The first-order valence-corrected chi connectivity index (χ1v) is 9.74. The summed E-state index contributed by atoms with van der Waals surface area (Å²) in [5.74, 6) is 0.893. The molecule has 0 aliphatic carbocycles. The Bertz CT molecular complexity index is 908. The molecule has 0 aliphatic rings. The minimum atomic E-state index is -0.234. The van der Waals surface area contributed by atoms with Crippen LogP contribution in [-0.2, 0) is 4.79 Å². The number of nitrogens with zero attached hydrogens (tertiary/aromatic N) is 4. The van der Waals surface area contributed by atoms with E-state index in [4.69, 9.17) is 4.74 Å². The Kier molecular flexibility index (Phi) is 6.08. The van der Waals surface area contributed by atoms with Crippen molar-refractivity contribution < 1.29 is 9.53 Å². The number of benzene rings is 2. The van der Waals surface area contributed by atoms with Crippen LogP contribution in [0.15, 0.2) is 53.7 Å². The Morgan fingerprint density at radius 2 is 2.00 bits per heavy atom. The molecular weight excluding hydrogens is 362 g/mol. The summed E-state index contributed by atoms with van der Waals surface area (Å²) in [6, 6.07) is 15.1. The Labute approximate surface area is 162 Å². The van der Waals surface area contributed by atoms with E-state index in [0.29, 0.717) is 22.5 Å². The number of thioether (sulfide) groups is 1. The Balaban J connectivity index is 1.60. The van der Waals surface area contributed by atoms with Crippen molar-refractivity contribution in [2.45, 2.75) is 24.9 Å². The van der Waals surface area contributed by atoms with Gasteiger partial charge in [-0.25, -0.2) is 0 Å². The fraction of sp³-hybridized carbons (Fsp3) is 0.263. The van der Waals surface area contributed by atoms with Crippen LogP contribution in [0.4, 0.5) is 5.69 Å². The largest absolute Gasteiger partial charge is 0.484 e. The molecule has 0 saturated carbocycles. The van der Waals surface area contributed by atoms with Gasteiger partial charge in [-0.1, -0.05) is 43.8 Å². The van der Waals surface area contributed by atoms with Gasteiger partial charge in [0.1, 0.15) is 5.75 Å². The maximum atomic E-state index is 12.2. The molecule has 0 fully saturated rings. The van der Waals surface area contributed by atoms with Gasteiger partial charge in [-0.3, -0.25) is 4.79 Å². The minimum Gasteiger partial charge on any atom is -0.484 e. The van der Waals surface area contributed by atoms with Gasteiger partial charge in [-0.15, -0.1) is 5.10 Å². The van der Waals surface area contributed by atoms with Crippen LogP contribution in [0.25, 0.3) is 5.69 Å². The van der Waals surface area contributed by atoms with Crippen molar-refractivity contribution in [1.82, 2.24) is 20.2 Å². The van der Waals surface area contributed by atoms with Crippen molar-refractivity contribution in [3.05, 3.63) is 54.1 Å².